The Bertz CT molecular complexity index is 385. The monoisotopic (exact) mass is 250 g/mol. The number of aryl methyl sites for hydroxylation is 2. The summed E-state index contributed by atoms with van der Waals surface area (Å²) in [5.41, 5.74) is 7.63. The fourth-order valence-corrected chi connectivity index (χ4v) is 1.90. The Balaban J connectivity index is 2.47. The molecule has 0 spiro atoms. The number of likely N-dealkylation sites (N-methyl/N-ethyl adjacent to an activating group) is 1. The van der Waals surface area contributed by atoms with Crippen LogP contribution in [0.25, 0.3) is 0 Å². The summed E-state index contributed by atoms with van der Waals surface area (Å²) in [5, 5.41) is 3.04. The molecule has 18 heavy (non-hydrogen) atoms. The molecule has 0 fully saturated rings. The van der Waals surface area contributed by atoms with E-state index >= 15 is 0 Å². The molecule has 0 aromatic heterocycles. The maximum Gasteiger partial charge on any atom is 0.234 e. The van der Waals surface area contributed by atoms with Crippen molar-refractivity contribution in [3.05, 3.63) is 29.3 Å². The number of hydrogen-bond donors (Lipinski definition) is 2. The van der Waals surface area contributed by atoms with E-state index < -0.39 is 0 Å². The van der Waals surface area contributed by atoms with Gasteiger partial charge in [-0.1, -0.05) is 13.0 Å². The van der Waals surface area contributed by atoms with Crippen molar-refractivity contribution < 1.29 is 9.53 Å². The Kier molecular flexibility index (Phi) is 5.65. The van der Waals surface area contributed by atoms with Gasteiger partial charge in [-0.15, -0.1) is 0 Å². The van der Waals surface area contributed by atoms with Crippen molar-refractivity contribution >= 4 is 5.91 Å². The molecule has 0 heterocycles. The minimum atomic E-state index is -0.333. The molecular weight excluding hydrogens is 228 g/mol. The van der Waals surface area contributed by atoms with E-state index in [1.165, 1.54) is 11.1 Å². The van der Waals surface area contributed by atoms with Gasteiger partial charge in [-0.3, -0.25) is 4.79 Å². The van der Waals surface area contributed by atoms with E-state index in [4.69, 9.17) is 10.5 Å². The number of nitrogens with one attached hydrogen (secondary N) is 1. The molecule has 1 aromatic carbocycles. The lowest BCUT2D eigenvalue weighted by Gasteiger charge is -2.15. The van der Waals surface area contributed by atoms with E-state index in [1.54, 1.807) is 0 Å². The van der Waals surface area contributed by atoms with E-state index in [0.29, 0.717) is 13.0 Å². The Morgan fingerprint density at radius 2 is 1.94 bits per heavy atom. The number of rotatable bonds is 7. The molecule has 0 bridgehead atoms. The molecule has 4 nitrogen and oxygen atoms in total. The van der Waals surface area contributed by atoms with Gasteiger partial charge in [-0.25, -0.2) is 0 Å². The molecule has 1 rings (SSSR count). The first-order valence-corrected chi connectivity index (χ1v) is 6.26. The van der Waals surface area contributed by atoms with Crippen LogP contribution in [0.2, 0.25) is 0 Å². The van der Waals surface area contributed by atoms with E-state index in [0.717, 1.165) is 12.3 Å². The lowest BCUT2D eigenvalue weighted by atomic mass is 10.1. The van der Waals surface area contributed by atoms with Gasteiger partial charge in [0.05, 0.1) is 12.6 Å². The quantitative estimate of drug-likeness (QED) is 0.771. The summed E-state index contributed by atoms with van der Waals surface area (Å²) in [4.78, 5) is 11.1. The third-order valence-electron chi connectivity index (χ3n) is 2.66. The van der Waals surface area contributed by atoms with Crippen LogP contribution in [-0.4, -0.2) is 25.1 Å². The number of primary amides is 1. The Hall–Kier alpha value is -1.55. The molecule has 0 radical (unpaired) electrons. The molecule has 1 amide bonds. The van der Waals surface area contributed by atoms with Crippen LogP contribution in [0, 0.1) is 13.8 Å². The summed E-state index contributed by atoms with van der Waals surface area (Å²) < 4.78 is 5.65. The van der Waals surface area contributed by atoms with Crippen LogP contribution >= 0.6 is 0 Å². The van der Waals surface area contributed by atoms with Crippen LogP contribution in [-0.2, 0) is 4.79 Å². The highest BCUT2D eigenvalue weighted by Gasteiger charge is 2.13. The van der Waals surface area contributed by atoms with Gasteiger partial charge >= 0.3 is 0 Å². The fraction of sp³-hybridized carbons (Fsp3) is 0.500. The summed E-state index contributed by atoms with van der Waals surface area (Å²) >= 11 is 0. The molecule has 0 saturated carbocycles. The van der Waals surface area contributed by atoms with Gasteiger partial charge in [0, 0.05) is 6.42 Å². The summed E-state index contributed by atoms with van der Waals surface area (Å²) in [6.45, 7) is 7.21. The zero-order chi connectivity index (χ0) is 13.5. The number of carbonyl (C=O) groups is 1. The molecule has 100 valence electrons. The lowest BCUT2D eigenvalue weighted by molar-refractivity contribution is -0.120. The summed E-state index contributed by atoms with van der Waals surface area (Å²) in [6.07, 6.45) is 0.580. The van der Waals surface area contributed by atoms with E-state index in [1.807, 2.05) is 32.9 Å². The molecule has 1 unspecified atom stereocenters. The number of hydrogen-bond acceptors (Lipinski definition) is 3. The van der Waals surface area contributed by atoms with Gasteiger partial charge in [-0.2, -0.15) is 0 Å². The Morgan fingerprint density at radius 1 is 1.33 bits per heavy atom. The normalized spacial score (nSPS) is 12.2. The topological polar surface area (TPSA) is 64.3 Å². The molecule has 0 aliphatic heterocycles. The highest BCUT2D eigenvalue weighted by Crippen LogP contribution is 2.16. The smallest absolute Gasteiger partial charge is 0.234 e. The number of nitrogens with two attached hydrogens (primary N) is 1. The lowest BCUT2D eigenvalue weighted by Crippen LogP contribution is -2.42. The molecule has 1 aromatic rings. The third-order valence-corrected chi connectivity index (χ3v) is 2.66. The Morgan fingerprint density at radius 3 is 2.44 bits per heavy atom. The van der Waals surface area contributed by atoms with Crippen molar-refractivity contribution in [1.82, 2.24) is 5.32 Å². The minimum absolute atomic E-state index is 0.319. The standard InChI is InChI=1S/C14H22N2O2/c1-4-16-13(14(15)17)5-6-18-12-8-10(2)7-11(3)9-12/h7-9,13,16H,4-6H2,1-3H3,(H2,15,17). The maximum atomic E-state index is 11.1. The average molecular weight is 250 g/mol. The zero-order valence-electron chi connectivity index (χ0n) is 11.3. The molecule has 0 aliphatic carbocycles. The van der Waals surface area contributed by atoms with Crippen LogP contribution in [0.5, 0.6) is 5.75 Å². The van der Waals surface area contributed by atoms with Gasteiger partial charge < -0.3 is 15.8 Å². The second-order valence-electron chi connectivity index (χ2n) is 4.47. The highest BCUT2D eigenvalue weighted by molar-refractivity contribution is 5.79. The van der Waals surface area contributed by atoms with Gasteiger partial charge in [0.1, 0.15) is 5.75 Å². The highest BCUT2D eigenvalue weighted by atomic mass is 16.5. The first kappa shape index (κ1) is 14.5. The van der Waals surface area contributed by atoms with Crippen LogP contribution in [0.4, 0.5) is 0 Å². The third kappa shape index (κ3) is 4.75. The van der Waals surface area contributed by atoms with Crippen molar-refractivity contribution in [2.75, 3.05) is 13.2 Å². The van der Waals surface area contributed by atoms with E-state index in [-0.39, 0.29) is 11.9 Å². The summed E-state index contributed by atoms with van der Waals surface area (Å²) in [7, 11) is 0. The number of carbonyl (C=O) groups excluding carboxylic acids is 1. The number of benzene rings is 1. The molecule has 0 aliphatic rings. The van der Waals surface area contributed by atoms with Crippen molar-refractivity contribution in [3.63, 3.8) is 0 Å². The summed E-state index contributed by atoms with van der Waals surface area (Å²) in [5.74, 6) is 0.507. The second-order valence-corrected chi connectivity index (χ2v) is 4.47. The summed E-state index contributed by atoms with van der Waals surface area (Å²) in [6, 6.07) is 5.75. The average Bonchev–Trinajstić information content (AvgIpc) is 2.26. The van der Waals surface area contributed by atoms with Crippen molar-refractivity contribution in [2.24, 2.45) is 5.73 Å². The largest absolute Gasteiger partial charge is 0.494 e. The first-order chi connectivity index (χ1) is 8.52. The van der Waals surface area contributed by atoms with E-state index in [2.05, 4.69) is 11.4 Å². The zero-order valence-corrected chi connectivity index (χ0v) is 11.3. The Labute approximate surface area is 109 Å². The van der Waals surface area contributed by atoms with E-state index in [9.17, 15) is 4.79 Å². The van der Waals surface area contributed by atoms with Gasteiger partial charge in [-0.05, 0) is 43.7 Å². The first-order valence-electron chi connectivity index (χ1n) is 6.26. The van der Waals surface area contributed by atoms with Crippen molar-refractivity contribution in [1.29, 1.82) is 0 Å². The van der Waals surface area contributed by atoms with Gasteiger partial charge in [0.15, 0.2) is 0 Å². The number of amides is 1. The van der Waals surface area contributed by atoms with Crippen molar-refractivity contribution in [2.45, 2.75) is 33.2 Å². The second kappa shape index (κ2) is 7.01. The predicted octanol–water partition coefficient (Wildman–Crippen LogP) is 1.54. The fourth-order valence-electron chi connectivity index (χ4n) is 1.90. The number of ether oxygens (including phenoxy) is 1. The van der Waals surface area contributed by atoms with Crippen LogP contribution in [0.1, 0.15) is 24.5 Å². The van der Waals surface area contributed by atoms with Crippen LogP contribution < -0.4 is 15.8 Å². The molecule has 1 atom stereocenters. The molecule has 4 heteroatoms. The van der Waals surface area contributed by atoms with Crippen molar-refractivity contribution in [3.8, 4) is 5.75 Å². The van der Waals surface area contributed by atoms with Gasteiger partial charge in [0.2, 0.25) is 5.91 Å². The molecular formula is C14H22N2O2. The van der Waals surface area contributed by atoms with Gasteiger partial charge in [0.25, 0.3) is 0 Å². The van der Waals surface area contributed by atoms with Crippen LogP contribution in [0.15, 0.2) is 18.2 Å². The molecule has 3 N–H and O–H groups in total. The SMILES string of the molecule is CCNC(CCOc1cc(C)cc(C)c1)C(N)=O. The maximum absolute atomic E-state index is 11.1. The van der Waals surface area contributed by atoms with Crippen LogP contribution in [0.3, 0.4) is 0 Å². The predicted molar refractivity (Wildman–Crippen MR) is 72.7 cm³/mol. The minimum Gasteiger partial charge on any atom is -0.494 e. The molecule has 0 saturated heterocycles.